The molecule has 0 aromatic heterocycles. The number of carboxylic acid groups (broad SMARTS) is 1. The zero-order chi connectivity index (χ0) is 13.0. The second-order valence-electron chi connectivity index (χ2n) is 3.30. The lowest BCUT2D eigenvalue weighted by Gasteiger charge is -2.05. The first-order valence-electron chi connectivity index (χ1n) is 4.69. The van der Waals surface area contributed by atoms with Crippen molar-refractivity contribution >= 4 is 12.0 Å². The number of methoxy groups -OCH3 is 1. The minimum absolute atomic E-state index is 0.0497. The van der Waals surface area contributed by atoms with Crippen LogP contribution in [-0.4, -0.2) is 23.1 Å². The fourth-order valence-corrected chi connectivity index (χ4v) is 1.24. The number of aromatic carboxylic acids is 1. The van der Waals surface area contributed by atoms with Crippen LogP contribution in [0.5, 0.6) is 5.75 Å². The Hall–Kier alpha value is -2.37. The fraction of sp³-hybridized carbons (Fsp3) is 0.182. The van der Waals surface area contributed by atoms with Crippen molar-refractivity contribution in [1.82, 2.24) is 0 Å². The van der Waals surface area contributed by atoms with Gasteiger partial charge in [-0.2, -0.15) is 0 Å². The molecule has 0 radical (unpaired) electrons. The van der Waals surface area contributed by atoms with E-state index in [0.717, 1.165) is 0 Å². The zero-order valence-electron chi connectivity index (χ0n) is 9.34. The number of rotatable bonds is 4. The summed E-state index contributed by atoms with van der Waals surface area (Å²) in [5.41, 5.74) is 0.482. The molecular weight excluding hydrogens is 226 g/mol. The summed E-state index contributed by atoms with van der Waals surface area (Å²) in [7, 11) is 1.37. The largest absolute Gasteiger partial charge is 0.496 e. The summed E-state index contributed by atoms with van der Waals surface area (Å²) >= 11 is 0. The standard InChI is InChI=1S/C11H11NO5/c1-7(12(15)16)5-8-3-4-9(11(13)14)6-10(8)17-2/h3-6H,1-2H3,(H,13,14)/b7-5+. The maximum atomic E-state index is 10.7. The highest BCUT2D eigenvalue weighted by Crippen LogP contribution is 2.23. The van der Waals surface area contributed by atoms with E-state index in [4.69, 9.17) is 9.84 Å². The molecule has 0 spiro atoms. The molecule has 0 aliphatic carbocycles. The Balaban J connectivity index is 3.22. The van der Waals surface area contributed by atoms with Gasteiger partial charge in [-0.25, -0.2) is 4.79 Å². The van der Waals surface area contributed by atoms with Gasteiger partial charge in [-0.15, -0.1) is 0 Å². The van der Waals surface area contributed by atoms with Gasteiger partial charge in [0.1, 0.15) is 5.75 Å². The van der Waals surface area contributed by atoms with Gasteiger partial charge in [-0.05, 0) is 12.1 Å². The SMILES string of the molecule is COc1cc(C(=O)O)ccc1/C=C(\C)[N+](=O)[O-]. The summed E-state index contributed by atoms with van der Waals surface area (Å²) in [6, 6.07) is 4.15. The van der Waals surface area contributed by atoms with Gasteiger partial charge >= 0.3 is 5.97 Å². The molecule has 17 heavy (non-hydrogen) atoms. The van der Waals surface area contributed by atoms with Crippen LogP contribution in [0.1, 0.15) is 22.8 Å². The Morgan fingerprint density at radius 3 is 2.65 bits per heavy atom. The van der Waals surface area contributed by atoms with Crippen LogP contribution in [0.4, 0.5) is 0 Å². The fourth-order valence-electron chi connectivity index (χ4n) is 1.24. The van der Waals surface area contributed by atoms with Crippen molar-refractivity contribution in [2.24, 2.45) is 0 Å². The van der Waals surface area contributed by atoms with Crippen molar-refractivity contribution in [2.75, 3.05) is 7.11 Å². The van der Waals surface area contributed by atoms with Crippen molar-refractivity contribution in [3.8, 4) is 5.75 Å². The average Bonchev–Trinajstić information content (AvgIpc) is 2.28. The average molecular weight is 237 g/mol. The van der Waals surface area contributed by atoms with E-state index in [1.807, 2.05) is 0 Å². The van der Waals surface area contributed by atoms with Crippen LogP contribution in [0.15, 0.2) is 23.9 Å². The van der Waals surface area contributed by atoms with E-state index in [1.165, 1.54) is 38.3 Å². The second kappa shape index (κ2) is 5.11. The van der Waals surface area contributed by atoms with Crippen LogP contribution in [0.2, 0.25) is 0 Å². The lowest BCUT2D eigenvalue weighted by atomic mass is 10.1. The number of carbonyl (C=O) groups is 1. The Morgan fingerprint density at radius 2 is 2.18 bits per heavy atom. The topological polar surface area (TPSA) is 89.7 Å². The summed E-state index contributed by atoms with van der Waals surface area (Å²) in [6.07, 6.45) is 1.32. The van der Waals surface area contributed by atoms with Gasteiger partial charge in [0.05, 0.1) is 17.6 Å². The monoisotopic (exact) mass is 237 g/mol. The highest BCUT2D eigenvalue weighted by atomic mass is 16.6. The van der Waals surface area contributed by atoms with Gasteiger partial charge in [0, 0.05) is 18.6 Å². The molecule has 0 bridgehead atoms. The number of allylic oxidation sites excluding steroid dienone is 1. The maximum Gasteiger partial charge on any atom is 0.335 e. The first-order valence-corrected chi connectivity index (χ1v) is 4.69. The second-order valence-corrected chi connectivity index (χ2v) is 3.30. The van der Waals surface area contributed by atoms with E-state index in [2.05, 4.69) is 0 Å². The number of carboxylic acids is 1. The predicted octanol–water partition coefficient (Wildman–Crippen LogP) is 2.03. The molecular formula is C11H11NO5. The Labute approximate surface area is 97.3 Å². The quantitative estimate of drug-likeness (QED) is 0.639. The van der Waals surface area contributed by atoms with Crippen molar-refractivity contribution < 1.29 is 19.6 Å². The van der Waals surface area contributed by atoms with E-state index < -0.39 is 10.9 Å². The molecule has 1 rings (SSSR count). The molecule has 0 amide bonds. The summed E-state index contributed by atoms with van der Waals surface area (Å²) in [6.45, 7) is 1.35. The molecule has 0 saturated heterocycles. The van der Waals surface area contributed by atoms with Gasteiger partial charge in [0.15, 0.2) is 0 Å². The van der Waals surface area contributed by atoms with E-state index in [-0.39, 0.29) is 17.0 Å². The van der Waals surface area contributed by atoms with Crippen LogP contribution < -0.4 is 4.74 Å². The molecule has 0 aliphatic heterocycles. The molecule has 0 saturated carbocycles. The highest BCUT2D eigenvalue weighted by molar-refractivity contribution is 5.88. The molecule has 0 atom stereocenters. The molecule has 1 aromatic carbocycles. The molecule has 1 aromatic rings. The predicted molar refractivity (Wildman–Crippen MR) is 60.6 cm³/mol. The smallest absolute Gasteiger partial charge is 0.335 e. The first-order chi connectivity index (χ1) is 7.95. The Morgan fingerprint density at radius 1 is 1.53 bits per heavy atom. The van der Waals surface area contributed by atoms with Crippen molar-refractivity contribution in [2.45, 2.75) is 6.92 Å². The van der Waals surface area contributed by atoms with Crippen molar-refractivity contribution in [3.63, 3.8) is 0 Å². The van der Waals surface area contributed by atoms with Gasteiger partial charge < -0.3 is 9.84 Å². The number of benzene rings is 1. The molecule has 6 nitrogen and oxygen atoms in total. The van der Waals surface area contributed by atoms with Crippen LogP contribution in [-0.2, 0) is 0 Å². The Bertz CT molecular complexity index is 493. The van der Waals surface area contributed by atoms with Crippen LogP contribution in [0.25, 0.3) is 6.08 Å². The molecule has 0 aliphatic rings. The number of nitrogens with zero attached hydrogens (tertiary/aromatic N) is 1. The van der Waals surface area contributed by atoms with Gasteiger partial charge in [0.25, 0.3) is 0 Å². The van der Waals surface area contributed by atoms with E-state index >= 15 is 0 Å². The summed E-state index contributed by atoms with van der Waals surface area (Å²) in [5.74, 6) is -0.795. The lowest BCUT2D eigenvalue weighted by molar-refractivity contribution is -0.422. The summed E-state index contributed by atoms with van der Waals surface area (Å²) in [5, 5.41) is 19.3. The first kappa shape index (κ1) is 12.7. The van der Waals surface area contributed by atoms with Gasteiger partial charge in [-0.1, -0.05) is 6.07 Å². The van der Waals surface area contributed by atoms with E-state index in [0.29, 0.717) is 5.56 Å². The third kappa shape index (κ3) is 3.04. The van der Waals surface area contributed by atoms with Crippen molar-refractivity contribution in [3.05, 3.63) is 45.1 Å². The number of hydrogen-bond acceptors (Lipinski definition) is 4. The molecule has 90 valence electrons. The lowest BCUT2D eigenvalue weighted by Crippen LogP contribution is -1.99. The van der Waals surface area contributed by atoms with Gasteiger partial charge in [-0.3, -0.25) is 10.1 Å². The van der Waals surface area contributed by atoms with Gasteiger partial charge in [0.2, 0.25) is 5.70 Å². The van der Waals surface area contributed by atoms with Crippen LogP contribution in [0.3, 0.4) is 0 Å². The van der Waals surface area contributed by atoms with Crippen molar-refractivity contribution in [1.29, 1.82) is 0 Å². The summed E-state index contributed by atoms with van der Waals surface area (Å²) < 4.78 is 4.99. The number of ether oxygens (including phenoxy) is 1. The van der Waals surface area contributed by atoms with E-state index in [9.17, 15) is 14.9 Å². The molecule has 0 unspecified atom stereocenters. The molecule has 0 heterocycles. The van der Waals surface area contributed by atoms with E-state index in [1.54, 1.807) is 0 Å². The Kier molecular flexibility index (Phi) is 3.82. The number of nitro groups is 1. The van der Waals surface area contributed by atoms with Crippen LogP contribution in [0, 0.1) is 10.1 Å². The normalized spacial score (nSPS) is 11.1. The minimum Gasteiger partial charge on any atom is -0.496 e. The number of hydrogen-bond donors (Lipinski definition) is 1. The summed E-state index contributed by atoms with van der Waals surface area (Å²) in [4.78, 5) is 20.7. The molecule has 1 N–H and O–H groups in total. The third-order valence-electron chi connectivity index (χ3n) is 2.13. The third-order valence-corrected chi connectivity index (χ3v) is 2.13. The van der Waals surface area contributed by atoms with Crippen LogP contribution >= 0.6 is 0 Å². The zero-order valence-corrected chi connectivity index (χ0v) is 9.34. The highest BCUT2D eigenvalue weighted by Gasteiger charge is 2.10. The molecule has 0 fully saturated rings. The maximum absolute atomic E-state index is 10.7. The molecule has 6 heteroatoms. The minimum atomic E-state index is -1.08.